The van der Waals surface area contributed by atoms with Gasteiger partial charge in [0.1, 0.15) is 6.67 Å². The molecular weight excluding hydrogens is 148 g/mol. The number of nitrogens with zero attached hydrogens (tertiary/aromatic N) is 2. The molecule has 2 heteroatoms. The average Bonchev–Trinajstić information content (AvgIpc) is 2.85. The predicted octanol–water partition coefficient (Wildman–Crippen LogP) is 1.75. The summed E-state index contributed by atoms with van der Waals surface area (Å²) in [5.74, 6) is 0. The fourth-order valence-corrected chi connectivity index (χ4v) is 1.73. The van der Waals surface area contributed by atoms with Crippen LogP contribution in [0.4, 0.5) is 0 Å². The lowest BCUT2D eigenvalue weighted by atomic mass is 9.93. The lowest BCUT2D eigenvalue weighted by Gasteiger charge is -2.15. The van der Waals surface area contributed by atoms with E-state index in [-0.39, 0.29) is 0 Å². The highest BCUT2D eigenvalue weighted by atomic mass is 14.9. The van der Waals surface area contributed by atoms with Crippen LogP contribution in [0.3, 0.4) is 0 Å². The summed E-state index contributed by atoms with van der Waals surface area (Å²) in [6, 6.07) is 0. The van der Waals surface area contributed by atoms with E-state index in [9.17, 15) is 0 Å². The number of hydrogen-bond donors (Lipinski definition) is 0. The first-order valence-electron chi connectivity index (χ1n) is 4.35. The van der Waals surface area contributed by atoms with E-state index in [4.69, 9.17) is 0 Å². The van der Waals surface area contributed by atoms with Gasteiger partial charge in [-0.05, 0) is 18.9 Å². The summed E-state index contributed by atoms with van der Waals surface area (Å²) in [5, 5.41) is 0. The molecule has 0 amide bonds. The second-order valence-electron chi connectivity index (χ2n) is 3.66. The van der Waals surface area contributed by atoms with Crippen molar-refractivity contribution in [3.05, 3.63) is 23.8 Å². The first-order valence-corrected chi connectivity index (χ1v) is 4.35. The third kappa shape index (κ3) is 0.809. The molecule has 1 spiro atoms. The quantitative estimate of drug-likeness (QED) is 0.513. The van der Waals surface area contributed by atoms with Crippen LogP contribution >= 0.6 is 0 Å². The molecule has 1 fully saturated rings. The molecule has 1 saturated carbocycles. The summed E-state index contributed by atoms with van der Waals surface area (Å²) >= 11 is 0. The smallest absolute Gasteiger partial charge is 0.130 e. The van der Waals surface area contributed by atoms with E-state index in [0.717, 1.165) is 5.71 Å². The number of hydrogen-bond acceptors (Lipinski definition) is 2. The van der Waals surface area contributed by atoms with Crippen LogP contribution in [0, 0.1) is 5.41 Å². The molecule has 2 nitrogen and oxygen atoms in total. The molecule has 0 bridgehead atoms. The molecule has 0 unspecified atom stereocenters. The molecule has 60 valence electrons. The van der Waals surface area contributed by atoms with Crippen LogP contribution in [-0.4, -0.2) is 18.6 Å². The van der Waals surface area contributed by atoms with Gasteiger partial charge in [0.25, 0.3) is 0 Å². The summed E-state index contributed by atoms with van der Waals surface area (Å²) in [5.41, 5.74) is 2.74. The lowest BCUT2D eigenvalue weighted by molar-refractivity contribution is 0.848. The van der Waals surface area contributed by atoms with Gasteiger partial charge in [-0.2, -0.15) is 0 Å². The first-order chi connectivity index (χ1) is 5.88. The first kappa shape index (κ1) is 6.35. The molecule has 0 aromatic heterocycles. The van der Waals surface area contributed by atoms with Crippen molar-refractivity contribution in [2.45, 2.75) is 12.8 Å². The number of fused-ring (bicyclic) bond motifs is 1. The van der Waals surface area contributed by atoms with Crippen molar-refractivity contribution in [2.75, 3.05) is 6.67 Å². The van der Waals surface area contributed by atoms with E-state index in [1.54, 1.807) is 0 Å². The molecule has 0 aromatic carbocycles. The highest BCUT2D eigenvalue weighted by Gasteiger charge is 2.40. The van der Waals surface area contributed by atoms with Gasteiger partial charge in [0.2, 0.25) is 0 Å². The fraction of sp³-hybridized carbons (Fsp3) is 0.400. The van der Waals surface area contributed by atoms with Crippen molar-refractivity contribution in [3.63, 3.8) is 0 Å². The summed E-state index contributed by atoms with van der Waals surface area (Å²) < 4.78 is 0. The normalized spacial score (nSPS) is 28.0. The summed E-state index contributed by atoms with van der Waals surface area (Å²) in [6.45, 7) is 0.601. The molecule has 3 aliphatic rings. The van der Waals surface area contributed by atoms with Crippen LogP contribution in [0.1, 0.15) is 12.8 Å². The second-order valence-corrected chi connectivity index (χ2v) is 3.66. The van der Waals surface area contributed by atoms with Gasteiger partial charge < -0.3 is 0 Å². The summed E-state index contributed by atoms with van der Waals surface area (Å²) in [6.07, 6.45) is 11.3. The van der Waals surface area contributed by atoms with Gasteiger partial charge in [0, 0.05) is 17.2 Å². The molecule has 0 aromatic rings. The van der Waals surface area contributed by atoms with Crippen molar-refractivity contribution in [2.24, 2.45) is 15.4 Å². The monoisotopic (exact) mass is 158 g/mol. The lowest BCUT2D eigenvalue weighted by Crippen LogP contribution is -2.13. The van der Waals surface area contributed by atoms with Crippen LogP contribution in [0.2, 0.25) is 0 Å². The molecule has 0 atom stereocenters. The van der Waals surface area contributed by atoms with Gasteiger partial charge in [-0.25, -0.2) is 0 Å². The maximum Gasteiger partial charge on any atom is 0.130 e. The SMILES string of the molecule is C1=CC2(C=C3C=NCN=C13)CC2. The largest absolute Gasteiger partial charge is 0.269 e. The van der Waals surface area contributed by atoms with E-state index in [1.807, 2.05) is 6.21 Å². The minimum atomic E-state index is 0.401. The highest BCUT2D eigenvalue weighted by Crippen LogP contribution is 2.50. The molecule has 12 heavy (non-hydrogen) atoms. The van der Waals surface area contributed by atoms with Crippen molar-refractivity contribution >= 4 is 11.9 Å². The zero-order valence-electron chi connectivity index (χ0n) is 6.83. The Hall–Kier alpha value is -1.18. The van der Waals surface area contributed by atoms with E-state index >= 15 is 0 Å². The Bertz CT molecular complexity index is 341. The molecule has 0 N–H and O–H groups in total. The van der Waals surface area contributed by atoms with Crippen LogP contribution in [0.5, 0.6) is 0 Å². The third-order valence-corrected chi connectivity index (χ3v) is 2.69. The Kier molecular flexibility index (Phi) is 1.03. The van der Waals surface area contributed by atoms with Gasteiger partial charge in [-0.15, -0.1) is 0 Å². The van der Waals surface area contributed by atoms with E-state index in [0.29, 0.717) is 12.1 Å². The van der Waals surface area contributed by atoms with Gasteiger partial charge in [0.15, 0.2) is 0 Å². The van der Waals surface area contributed by atoms with Crippen molar-refractivity contribution in [1.29, 1.82) is 0 Å². The topological polar surface area (TPSA) is 24.7 Å². The fourth-order valence-electron chi connectivity index (χ4n) is 1.73. The van der Waals surface area contributed by atoms with Crippen LogP contribution in [0.25, 0.3) is 0 Å². The predicted molar refractivity (Wildman–Crippen MR) is 49.7 cm³/mol. The molecule has 0 saturated heterocycles. The Morgan fingerprint density at radius 3 is 3.08 bits per heavy atom. The van der Waals surface area contributed by atoms with Crippen LogP contribution in [0.15, 0.2) is 33.8 Å². The van der Waals surface area contributed by atoms with E-state index in [2.05, 4.69) is 28.2 Å². The second kappa shape index (κ2) is 1.94. The van der Waals surface area contributed by atoms with Gasteiger partial charge >= 0.3 is 0 Å². The van der Waals surface area contributed by atoms with Gasteiger partial charge in [-0.3, -0.25) is 9.98 Å². The Balaban J connectivity index is 2.06. The summed E-state index contributed by atoms with van der Waals surface area (Å²) in [4.78, 5) is 8.45. The number of aliphatic imine (C=N–C) groups is 2. The molecule has 1 aliphatic heterocycles. The maximum absolute atomic E-state index is 4.31. The average molecular weight is 158 g/mol. The molecule has 3 rings (SSSR count). The van der Waals surface area contributed by atoms with Crippen molar-refractivity contribution in [1.82, 2.24) is 0 Å². The molecular formula is C10H10N2. The van der Waals surface area contributed by atoms with Crippen LogP contribution < -0.4 is 0 Å². The number of allylic oxidation sites excluding steroid dienone is 4. The molecule has 0 radical (unpaired) electrons. The minimum absolute atomic E-state index is 0.401. The Morgan fingerprint density at radius 1 is 1.33 bits per heavy atom. The minimum Gasteiger partial charge on any atom is -0.269 e. The molecule has 1 heterocycles. The third-order valence-electron chi connectivity index (χ3n) is 2.69. The maximum atomic E-state index is 4.31. The highest BCUT2D eigenvalue weighted by molar-refractivity contribution is 6.23. The van der Waals surface area contributed by atoms with E-state index < -0.39 is 0 Å². The summed E-state index contributed by atoms with van der Waals surface area (Å²) in [7, 11) is 0. The van der Waals surface area contributed by atoms with Gasteiger partial charge in [-0.1, -0.05) is 12.2 Å². The Labute approximate surface area is 71.4 Å². The number of rotatable bonds is 0. The Morgan fingerprint density at radius 2 is 2.25 bits per heavy atom. The van der Waals surface area contributed by atoms with Crippen molar-refractivity contribution in [3.8, 4) is 0 Å². The van der Waals surface area contributed by atoms with Crippen LogP contribution in [-0.2, 0) is 0 Å². The zero-order valence-corrected chi connectivity index (χ0v) is 6.83. The molecule has 2 aliphatic carbocycles. The van der Waals surface area contributed by atoms with Crippen molar-refractivity contribution < 1.29 is 0 Å². The van der Waals surface area contributed by atoms with Gasteiger partial charge in [0.05, 0.1) is 5.71 Å². The standard InChI is InChI=1S/C10H10N2/c1-2-10(3-4-10)5-8-6-11-7-12-9(1)8/h1-2,5-6H,3-4,7H2. The van der Waals surface area contributed by atoms with E-state index in [1.165, 1.54) is 18.4 Å². The zero-order chi connectivity index (χ0) is 8.02.